The van der Waals surface area contributed by atoms with Gasteiger partial charge in [0, 0.05) is 18.9 Å². The van der Waals surface area contributed by atoms with Crippen LogP contribution in [0.15, 0.2) is 17.4 Å². The van der Waals surface area contributed by atoms with Crippen LogP contribution in [0.4, 0.5) is 0 Å². The van der Waals surface area contributed by atoms with E-state index in [2.05, 4.69) is 9.98 Å². The van der Waals surface area contributed by atoms with Crippen molar-refractivity contribution in [2.75, 3.05) is 6.54 Å². The van der Waals surface area contributed by atoms with Gasteiger partial charge in [0.05, 0.1) is 6.54 Å². The first-order valence-corrected chi connectivity index (χ1v) is 4.00. The molecule has 0 aliphatic carbocycles. The Hall–Kier alpha value is -1.32. The zero-order valence-electron chi connectivity index (χ0n) is 7.49. The summed E-state index contributed by atoms with van der Waals surface area (Å²) in [6, 6.07) is 0. The van der Waals surface area contributed by atoms with E-state index in [4.69, 9.17) is 5.73 Å². The summed E-state index contributed by atoms with van der Waals surface area (Å²) in [5.74, 6) is 1.61. The maximum Gasteiger partial charge on any atom is 0.114 e. The summed E-state index contributed by atoms with van der Waals surface area (Å²) in [5.41, 5.74) is 5.65. The molecule has 1 aromatic heterocycles. The topological polar surface area (TPSA) is 56.2 Å². The molecule has 0 radical (unpaired) electrons. The van der Waals surface area contributed by atoms with E-state index in [0.717, 1.165) is 12.4 Å². The van der Waals surface area contributed by atoms with Gasteiger partial charge in [-0.15, -0.1) is 0 Å². The standard InChI is InChI=1S/C8H14N4/c1-3-10-8(9)6-12-5-4-11-7(12)2/h4-5H,3,6H2,1-2H3,(H2,9,10). The van der Waals surface area contributed by atoms with Gasteiger partial charge >= 0.3 is 0 Å². The second kappa shape index (κ2) is 3.90. The van der Waals surface area contributed by atoms with Crippen LogP contribution in [-0.4, -0.2) is 21.9 Å². The Kier molecular flexibility index (Phi) is 2.85. The summed E-state index contributed by atoms with van der Waals surface area (Å²) in [6.45, 7) is 5.28. The van der Waals surface area contributed by atoms with Crippen molar-refractivity contribution in [3.05, 3.63) is 18.2 Å². The Morgan fingerprint density at radius 1 is 1.75 bits per heavy atom. The highest BCUT2D eigenvalue weighted by molar-refractivity contribution is 5.80. The van der Waals surface area contributed by atoms with Crippen LogP contribution in [0, 0.1) is 6.92 Å². The van der Waals surface area contributed by atoms with Crippen LogP contribution in [0.25, 0.3) is 0 Å². The van der Waals surface area contributed by atoms with Gasteiger partial charge in [0.25, 0.3) is 0 Å². The molecule has 1 rings (SSSR count). The molecule has 0 aliphatic heterocycles. The molecule has 0 fully saturated rings. The summed E-state index contributed by atoms with van der Waals surface area (Å²) in [7, 11) is 0. The summed E-state index contributed by atoms with van der Waals surface area (Å²) >= 11 is 0. The van der Waals surface area contributed by atoms with E-state index in [-0.39, 0.29) is 0 Å². The monoisotopic (exact) mass is 166 g/mol. The number of nitrogens with zero attached hydrogens (tertiary/aromatic N) is 3. The number of hydrogen-bond donors (Lipinski definition) is 1. The summed E-state index contributed by atoms with van der Waals surface area (Å²) in [4.78, 5) is 8.17. The van der Waals surface area contributed by atoms with Crippen molar-refractivity contribution in [1.82, 2.24) is 9.55 Å². The molecule has 0 saturated heterocycles. The quantitative estimate of drug-likeness (QED) is 0.527. The number of aromatic nitrogens is 2. The highest BCUT2D eigenvalue weighted by atomic mass is 15.1. The number of aryl methyl sites for hydroxylation is 1. The molecular formula is C8H14N4. The largest absolute Gasteiger partial charge is 0.386 e. The number of amidine groups is 1. The fraction of sp³-hybridized carbons (Fsp3) is 0.500. The van der Waals surface area contributed by atoms with Crippen molar-refractivity contribution in [1.29, 1.82) is 0 Å². The number of hydrogen-bond acceptors (Lipinski definition) is 2. The maximum absolute atomic E-state index is 5.65. The highest BCUT2D eigenvalue weighted by Gasteiger charge is 1.97. The minimum Gasteiger partial charge on any atom is -0.386 e. The van der Waals surface area contributed by atoms with Gasteiger partial charge in [-0.25, -0.2) is 4.98 Å². The second-order valence-corrected chi connectivity index (χ2v) is 2.57. The fourth-order valence-corrected chi connectivity index (χ4v) is 0.998. The van der Waals surface area contributed by atoms with E-state index in [1.165, 1.54) is 0 Å². The van der Waals surface area contributed by atoms with Crippen LogP contribution < -0.4 is 5.73 Å². The van der Waals surface area contributed by atoms with Crippen LogP contribution in [0.5, 0.6) is 0 Å². The molecule has 0 aliphatic rings. The molecule has 1 heterocycles. The van der Waals surface area contributed by atoms with Crippen molar-refractivity contribution in [2.24, 2.45) is 10.7 Å². The highest BCUT2D eigenvalue weighted by Crippen LogP contribution is 1.94. The van der Waals surface area contributed by atoms with Gasteiger partial charge in [0.2, 0.25) is 0 Å². The summed E-state index contributed by atoms with van der Waals surface area (Å²) in [6.07, 6.45) is 3.65. The lowest BCUT2D eigenvalue weighted by molar-refractivity contribution is 0.797. The van der Waals surface area contributed by atoms with E-state index in [0.29, 0.717) is 12.4 Å². The Morgan fingerprint density at radius 2 is 2.50 bits per heavy atom. The lowest BCUT2D eigenvalue weighted by Gasteiger charge is -2.03. The third-order valence-corrected chi connectivity index (χ3v) is 1.62. The molecule has 0 atom stereocenters. The van der Waals surface area contributed by atoms with Crippen molar-refractivity contribution >= 4 is 5.84 Å². The Morgan fingerprint density at radius 3 is 3.00 bits per heavy atom. The van der Waals surface area contributed by atoms with Crippen LogP contribution in [0.1, 0.15) is 12.7 Å². The lowest BCUT2D eigenvalue weighted by atomic mass is 10.5. The minimum atomic E-state index is 0.639. The van der Waals surface area contributed by atoms with E-state index in [9.17, 15) is 0 Å². The van der Waals surface area contributed by atoms with Crippen LogP contribution in [-0.2, 0) is 6.54 Å². The molecule has 12 heavy (non-hydrogen) atoms. The molecule has 0 amide bonds. The molecular weight excluding hydrogens is 152 g/mol. The maximum atomic E-state index is 5.65. The van der Waals surface area contributed by atoms with Crippen LogP contribution >= 0.6 is 0 Å². The van der Waals surface area contributed by atoms with Gasteiger partial charge in [0.15, 0.2) is 0 Å². The first kappa shape index (κ1) is 8.77. The molecule has 0 spiro atoms. The minimum absolute atomic E-state index is 0.639. The number of nitrogens with two attached hydrogens (primary N) is 1. The van der Waals surface area contributed by atoms with Crippen molar-refractivity contribution in [3.8, 4) is 0 Å². The number of imidazole rings is 1. The van der Waals surface area contributed by atoms with Gasteiger partial charge in [-0.3, -0.25) is 4.99 Å². The van der Waals surface area contributed by atoms with E-state index in [1.54, 1.807) is 6.20 Å². The zero-order valence-corrected chi connectivity index (χ0v) is 7.49. The SMILES string of the molecule is CCN=C(N)Cn1ccnc1C. The van der Waals surface area contributed by atoms with Gasteiger partial charge in [-0.05, 0) is 13.8 Å². The molecule has 0 saturated carbocycles. The zero-order chi connectivity index (χ0) is 8.97. The average Bonchev–Trinajstić information content (AvgIpc) is 2.37. The summed E-state index contributed by atoms with van der Waals surface area (Å²) in [5, 5.41) is 0. The smallest absolute Gasteiger partial charge is 0.114 e. The van der Waals surface area contributed by atoms with Crippen molar-refractivity contribution in [2.45, 2.75) is 20.4 Å². The Bertz CT molecular complexity index is 274. The predicted molar refractivity (Wildman–Crippen MR) is 49.1 cm³/mol. The molecule has 1 aromatic rings. The first-order chi connectivity index (χ1) is 5.74. The van der Waals surface area contributed by atoms with Gasteiger partial charge in [-0.2, -0.15) is 0 Å². The first-order valence-electron chi connectivity index (χ1n) is 4.00. The third-order valence-electron chi connectivity index (χ3n) is 1.62. The molecule has 2 N–H and O–H groups in total. The van der Waals surface area contributed by atoms with Crippen LogP contribution in [0.3, 0.4) is 0 Å². The summed E-state index contributed by atoms with van der Waals surface area (Å²) < 4.78 is 1.97. The Labute approximate surface area is 72.1 Å². The molecule has 4 heteroatoms. The molecule has 0 aromatic carbocycles. The van der Waals surface area contributed by atoms with Crippen LogP contribution in [0.2, 0.25) is 0 Å². The average molecular weight is 166 g/mol. The fourth-order valence-electron chi connectivity index (χ4n) is 0.998. The van der Waals surface area contributed by atoms with E-state index in [1.807, 2.05) is 24.6 Å². The molecule has 0 bridgehead atoms. The second-order valence-electron chi connectivity index (χ2n) is 2.57. The molecule has 0 unspecified atom stereocenters. The van der Waals surface area contributed by atoms with Gasteiger partial charge < -0.3 is 10.3 Å². The van der Waals surface area contributed by atoms with Crippen molar-refractivity contribution < 1.29 is 0 Å². The number of aliphatic imine (C=N–C) groups is 1. The van der Waals surface area contributed by atoms with Gasteiger partial charge in [-0.1, -0.05) is 0 Å². The Balaban J connectivity index is 2.64. The molecule has 66 valence electrons. The van der Waals surface area contributed by atoms with E-state index < -0.39 is 0 Å². The van der Waals surface area contributed by atoms with E-state index >= 15 is 0 Å². The van der Waals surface area contributed by atoms with Gasteiger partial charge in [0.1, 0.15) is 11.7 Å². The predicted octanol–water partition coefficient (Wildman–Crippen LogP) is 0.569. The molecule has 4 nitrogen and oxygen atoms in total. The lowest BCUT2D eigenvalue weighted by Crippen LogP contribution is -2.20. The van der Waals surface area contributed by atoms with Crippen molar-refractivity contribution in [3.63, 3.8) is 0 Å². The third kappa shape index (κ3) is 2.08. The normalized spacial score (nSPS) is 12.0. The number of rotatable bonds is 3.